The molecule has 3 aromatic rings. The summed E-state index contributed by atoms with van der Waals surface area (Å²) in [5, 5.41) is 11.4. The van der Waals surface area contributed by atoms with Crippen molar-refractivity contribution in [2.45, 2.75) is 6.04 Å². The van der Waals surface area contributed by atoms with Crippen molar-refractivity contribution in [1.29, 1.82) is 0 Å². The van der Waals surface area contributed by atoms with E-state index in [0.717, 1.165) is 32.1 Å². The number of carbonyl (C=O) groups is 1. The van der Waals surface area contributed by atoms with Gasteiger partial charge in [0.25, 0.3) is 11.5 Å². The van der Waals surface area contributed by atoms with Gasteiger partial charge in [-0.05, 0) is 5.56 Å². The van der Waals surface area contributed by atoms with E-state index in [2.05, 4.69) is 15.5 Å². The Morgan fingerprint density at radius 3 is 2.46 bits per heavy atom. The lowest BCUT2D eigenvalue weighted by atomic mass is 10.1. The molecule has 2 aromatic heterocycles. The van der Waals surface area contributed by atoms with Crippen LogP contribution in [0.5, 0.6) is 0 Å². The zero-order valence-corrected chi connectivity index (χ0v) is 14.9. The number of nitrogens with two attached hydrogens (primary N) is 1. The van der Waals surface area contributed by atoms with Gasteiger partial charge in [0, 0.05) is 20.2 Å². The van der Waals surface area contributed by atoms with E-state index in [1.54, 1.807) is 0 Å². The second-order valence-corrected chi connectivity index (χ2v) is 6.60. The van der Waals surface area contributed by atoms with E-state index in [-0.39, 0.29) is 10.8 Å². The molecular formula is C16H16N6O3S. The number of carbonyl (C=O) groups excluding carboxylic acids is 1. The summed E-state index contributed by atoms with van der Waals surface area (Å²) in [7, 11) is 2.78. The third-order valence-corrected chi connectivity index (χ3v) is 4.69. The number of hydrogen-bond donors (Lipinski definition) is 2. The monoisotopic (exact) mass is 372 g/mol. The second kappa shape index (κ2) is 6.92. The number of rotatable bonds is 4. The zero-order chi connectivity index (χ0) is 18.8. The predicted molar refractivity (Wildman–Crippen MR) is 97.0 cm³/mol. The van der Waals surface area contributed by atoms with Gasteiger partial charge in [-0.15, -0.1) is 10.2 Å². The van der Waals surface area contributed by atoms with Crippen molar-refractivity contribution in [3.05, 3.63) is 73.5 Å². The molecule has 3 N–H and O–H groups in total. The highest BCUT2D eigenvalue weighted by molar-refractivity contribution is 7.15. The summed E-state index contributed by atoms with van der Waals surface area (Å²) in [6.45, 7) is 0. The third kappa shape index (κ3) is 3.26. The van der Waals surface area contributed by atoms with Crippen LogP contribution in [0.3, 0.4) is 0 Å². The van der Waals surface area contributed by atoms with E-state index in [0.29, 0.717) is 5.01 Å². The number of nitrogen functional groups attached to an aromatic ring is 1. The first-order chi connectivity index (χ1) is 12.4. The first kappa shape index (κ1) is 17.5. The smallest absolute Gasteiger partial charge is 0.331 e. The Labute approximate surface area is 151 Å². The molecule has 10 heteroatoms. The van der Waals surface area contributed by atoms with Crippen LogP contribution in [0, 0.1) is 0 Å². The summed E-state index contributed by atoms with van der Waals surface area (Å²) in [4.78, 5) is 36.7. The largest absolute Gasteiger partial charge is 0.374 e. The minimum Gasteiger partial charge on any atom is -0.374 e. The van der Waals surface area contributed by atoms with Crippen LogP contribution in [0.1, 0.15) is 27.1 Å². The molecule has 0 saturated carbocycles. The standard InChI is InChI=1S/C16H16N6O3S/c1-21-10(8-11(23)22(2)16(21)25)13(24)18-12(9-6-4-3-5-7-9)14-19-20-15(17)26-14/h3-8,12H,1-2H3,(H2,17,20)(H,18,24). The van der Waals surface area contributed by atoms with E-state index in [1.807, 2.05) is 30.3 Å². The molecule has 1 unspecified atom stereocenters. The summed E-state index contributed by atoms with van der Waals surface area (Å²) in [5.74, 6) is -0.579. The van der Waals surface area contributed by atoms with Gasteiger partial charge in [-0.1, -0.05) is 41.7 Å². The molecule has 1 amide bonds. The SMILES string of the molecule is Cn1c(C(=O)NC(c2ccccc2)c2nnc(N)s2)cc(=O)n(C)c1=O. The second-order valence-electron chi connectivity index (χ2n) is 5.56. The van der Waals surface area contributed by atoms with E-state index in [1.165, 1.54) is 14.1 Å². The molecule has 1 aromatic carbocycles. The molecule has 2 heterocycles. The quantitative estimate of drug-likeness (QED) is 0.666. The molecule has 0 aliphatic carbocycles. The van der Waals surface area contributed by atoms with Gasteiger partial charge in [0.2, 0.25) is 5.13 Å². The number of aromatic nitrogens is 4. The van der Waals surface area contributed by atoms with Crippen molar-refractivity contribution in [2.75, 3.05) is 5.73 Å². The first-order valence-corrected chi connectivity index (χ1v) is 8.42. The fraction of sp³-hybridized carbons (Fsp3) is 0.188. The lowest BCUT2D eigenvalue weighted by molar-refractivity contribution is 0.0932. The topological polar surface area (TPSA) is 125 Å². The number of hydrogen-bond acceptors (Lipinski definition) is 7. The van der Waals surface area contributed by atoms with Crippen LogP contribution in [0.25, 0.3) is 0 Å². The Balaban J connectivity index is 2.02. The first-order valence-electron chi connectivity index (χ1n) is 7.60. The molecule has 134 valence electrons. The average Bonchev–Trinajstić information content (AvgIpc) is 3.07. The lowest BCUT2D eigenvalue weighted by Gasteiger charge is -2.17. The summed E-state index contributed by atoms with van der Waals surface area (Å²) < 4.78 is 2.05. The molecule has 0 fully saturated rings. The molecule has 0 aliphatic rings. The number of anilines is 1. The van der Waals surface area contributed by atoms with Gasteiger partial charge in [0.1, 0.15) is 16.7 Å². The van der Waals surface area contributed by atoms with E-state index < -0.39 is 23.2 Å². The van der Waals surface area contributed by atoms with Crippen LogP contribution >= 0.6 is 11.3 Å². The minimum absolute atomic E-state index is 0.0449. The van der Waals surface area contributed by atoms with Crippen LogP contribution in [0.15, 0.2) is 46.0 Å². The summed E-state index contributed by atoms with van der Waals surface area (Å²) >= 11 is 1.15. The molecule has 9 nitrogen and oxygen atoms in total. The predicted octanol–water partition coefficient (Wildman–Crippen LogP) is 0.0371. The van der Waals surface area contributed by atoms with Gasteiger partial charge in [-0.2, -0.15) is 0 Å². The van der Waals surface area contributed by atoms with Crippen molar-refractivity contribution in [1.82, 2.24) is 24.6 Å². The average molecular weight is 372 g/mol. The maximum atomic E-state index is 12.8. The molecule has 0 aliphatic heterocycles. The van der Waals surface area contributed by atoms with Gasteiger partial charge in [0.05, 0.1) is 0 Å². The zero-order valence-electron chi connectivity index (χ0n) is 14.0. The molecule has 0 spiro atoms. The Kier molecular flexibility index (Phi) is 4.67. The lowest BCUT2D eigenvalue weighted by Crippen LogP contribution is -2.41. The van der Waals surface area contributed by atoms with Crippen molar-refractivity contribution < 1.29 is 4.79 Å². The molecule has 0 bridgehead atoms. The summed E-state index contributed by atoms with van der Waals surface area (Å²) in [6, 6.07) is 9.66. The van der Waals surface area contributed by atoms with Crippen molar-refractivity contribution in [2.24, 2.45) is 14.1 Å². The van der Waals surface area contributed by atoms with Crippen molar-refractivity contribution >= 4 is 22.4 Å². The van der Waals surface area contributed by atoms with E-state index in [4.69, 9.17) is 5.73 Å². The molecular weight excluding hydrogens is 356 g/mol. The van der Waals surface area contributed by atoms with Crippen LogP contribution in [0.4, 0.5) is 5.13 Å². The van der Waals surface area contributed by atoms with Crippen LogP contribution < -0.4 is 22.3 Å². The Morgan fingerprint density at radius 1 is 1.15 bits per heavy atom. The van der Waals surface area contributed by atoms with Crippen molar-refractivity contribution in [3.63, 3.8) is 0 Å². The van der Waals surface area contributed by atoms with Crippen LogP contribution in [-0.2, 0) is 14.1 Å². The van der Waals surface area contributed by atoms with E-state index >= 15 is 0 Å². The van der Waals surface area contributed by atoms with Gasteiger partial charge in [-0.25, -0.2) is 4.79 Å². The molecule has 26 heavy (non-hydrogen) atoms. The molecule has 0 radical (unpaired) electrons. The van der Waals surface area contributed by atoms with Gasteiger partial charge >= 0.3 is 5.69 Å². The Bertz CT molecular complexity index is 1070. The molecule has 3 rings (SSSR count). The Morgan fingerprint density at radius 2 is 1.85 bits per heavy atom. The van der Waals surface area contributed by atoms with E-state index in [9.17, 15) is 14.4 Å². The third-order valence-electron chi connectivity index (χ3n) is 3.87. The highest BCUT2D eigenvalue weighted by atomic mass is 32.1. The van der Waals surface area contributed by atoms with Crippen LogP contribution in [0.2, 0.25) is 0 Å². The van der Waals surface area contributed by atoms with Gasteiger partial charge < -0.3 is 11.1 Å². The maximum Gasteiger partial charge on any atom is 0.331 e. The van der Waals surface area contributed by atoms with Crippen molar-refractivity contribution in [3.8, 4) is 0 Å². The maximum absolute atomic E-state index is 12.8. The normalized spacial score (nSPS) is 11.9. The highest BCUT2D eigenvalue weighted by Crippen LogP contribution is 2.26. The van der Waals surface area contributed by atoms with Crippen LogP contribution in [-0.4, -0.2) is 25.2 Å². The summed E-state index contributed by atoms with van der Waals surface area (Å²) in [5.41, 5.74) is 5.24. The fourth-order valence-corrected chi connectivity index (χ4v) is 3.14. The Hall–Kier alpha value is -3.27. The highest BCUT2D eigenvalue weighted by Gasteiger charge is 2.23. The number of nitrogens with zero attached hydrogens (tertiary/aromatic N) is 4. The molecule has 0 saturated heterocycles. The van der Waals surface area contributed by atoms with Gasteiger partial charge in [-0.3, -0.25) is 18.7 Å². The minimum atomic E-state index is -0.613. The number of benzene rings is 1. The number of amides is 1. The number of nitrogens with one attached hydrogen (secondary N) is 1. The molecule has 1 atom stereocenters. The fourth-order valence-electron chi connectivity index (χ4n) is 2.45. The summed E-state index contributed by atoms with van der Waals surface area (Å²) in [6.07, 6.45) is 0. The van der Waals surface area contributed by atoms with Gasteiger partial charge in [0.15, 0.2) is 0 Å².